The van der Waals surface area contributed by atoms with E-state index in [0.29, 0.717) is 22.2 Å². The molecule has 0 bridgehead atoms. The first-order chi connectivity index (χ1) is 17.0. The van der Waals surface area contributed by atoms with Crippen LogP contribution in [-0.2, 0) is 11.2 Å². The molecule has 0 aliphatic carbocycles. The smallest absolute Gasteiger partial charge is 0.296 e. The van der Waals surface area contributed by atoms with Crippen molar-refractivity contribution in [2.45, 2.75) is 19.4 Å². The van der Waals surface area contributed by atoms with Crippen LogP contribution >= 0.6 is 11.3 Å². The van der Waals surface area contributed by atoms with E-state index in [9.17, 15) is 14.7 Å². The number of nitrogens with zero attached hydrogens (tertiary/aromatic N) is 2. The summed E-state index contributed by atoms with van der Waals surface area (Å²) >= 11 is 1.32. The lowest BCUT2D eigenvalue weighted by Crippen LogP contribution is -2.31. The summed E-state index contributed by atoms with van der Waals surface area (Å²) in [7, 11) is 3.02. The van der Waals surface area contributed by atoms with Crippen molar-refractivity contribution in [3.05, 3.63) is 83.0 Å². The number of ketones is 1. The first-order valence-corrected chi connectivity index (χ1v) is 11.7. The third kappa shape index (κ3) is 3.74. The fraction of sp³-hybridized carbons (Fsp3) is 0.192. The summed E-state index contributed by atoms with van der Waals surface area (Å²) in [6.45, 7) is 2.06. The molecule has 1 N–H and O–H groups in total. The number of fused-ring (bicyclic) bond motifs is 1. The SMILES string of the molecule is CCc1ccc2nc(N3C(=O)C(O)=C(C(=O)c4ccco4)C3c3ccc(OC)c(OC)c3)sc2c1. The Kier molecular flexibility index (Phi) is 5.78. The van der Waals surface area contributed by atoms with Gasteiger partial charge in [0, 0.05) is 0 Å². The summed E-state index contributed by atoms with van der Waals surface area (Å²) in [5.41, 5.74) is 2.33. The molecule has 5 rings (SSSR count). The summed E-state index contributed by atoms with van der Waals surface area (Å²) in [6, 6.07) is 13.1. The van der Waals surface area contributed by atoms with Crippen LogP contribution in [0.5, 0.6) is 11.5 Å². The Morgan fingerprint density at radius 2 is 1.94 bits per heavy atom. The zero-order valence-corrected chi connectivity index (χ0v) is 20.1. The fourth-order valence-corrected chi connectivity index (χ4v) is 5.25. The number of methoxy groups -OCH3 is 2. The molecule has 0 radical (unpaired) electrons. The van der Waals surface area contributed by atoms with Gasteiger partial charge in [0.25, 0.3) is 5.91 Å². The van der Waals surface area contributed by atoms with Crippen LogP contribution in [-0.4, -0.2) is 36.0 Å². The highest BCUT2D eigenvalue weighted by Crippen LogP contribution is 2.45. The van der Waals surface area contributed by atoms with Crippen LogP contribution in [0.4, 0.5) is 5.13 Å². The van der Waals surface area contributed by atoms with Crippen molar-refractivity contribution in [1.82, 2.24) is 4.98 Å². The van der Waals surface area contributed by atoms with E-state index in [1.807, 2.05) is 18.2 Å². The van der Waals surface area contributed by atoms with E-state index in [4.69, 9.17) is 13.9 Å². The number of Topliss-reactive ketones (excluding diaryl/α,β-unsaturated/α-hetero) is 1. The molecular formula is C26H22N2O6S. The summed E-state index contributed by atoms with van der Waals surface area (Å²) in [4.78, 5) is 32.8. The molecule has 35 heavy (non-hydrogen) atoms. The number of hydrogen-bond acceptors (Lipinski definition) is 8. The molecule has 1 atom stereocenters. The van der Waals surface area contributed by atoms with Crippen molar-refractivity contribution in [2.24, 2.45) is 0 Å². The molecule has 1 aliphatic rings. The van der Waals surface area contributed by atoms with Gasteiger partial charge in [0.05, 0.1) is 42.3 Å². The number of aliphatic hydroxyl groups excluding tert-OH is 1. The largest absolute Gasteiger partial charge is 0.503 e. The molecule has 1 aliphatic heterocycles. The zero-order chi connectivity index (χ0) is 24.7. The average molecular weight is 491 g/mol. The minimum Gasteiger partial charge on any atom is -0.503 e. The van der Waals surface area contributed by atoms with Gasteiger partial charge in [-0.2, -0.15) is 0 Å². The molecule has 0 spiro atoms. The van der Waals surface area contributed by atoms with Crippen LogP contribution in [0.3, 0.4) is 0 Å². The van der Waals surface area contributed by atoms with Gasteiger partial charge in [-0.15, -0.1) is 0 Å². The van der Waals surface area contributed by atoms with E-state index in [1.54, 1.807) is 24.3 Å². The van der Waals surface area contributed by atoms with Gasteiger partial charge < -0.3 is 19.0 Å². The third-order valence-corrected chi connectivity index (χ3v) is 6.99. The topological polar surface area (TPSA) is 102 Å². The minimum absolute atomic E-state index is 0.0172. The fourth-order valence-electron chi connectivity index (χ4n) is 4.19. The van der Waals surface area contributed by atoms with Gasteiger partial charge in [-0.05, 0) is 53.9 Å². The summed E-state index contributed by atoms with van der Waals surface area (Å²) < 4.78 is 17.0. The molecular weight excluding hydrogens is 468 g/mol. The molecule has 0 fully saturated rings. The van der Waals surface area contributed by atoms with Crippen molar-refractivity contribution in [3.8, 4) is 11.5 Å². The Morgan fingerprint density at radius 3 is 2.63 bits per heavy atom. The maximum atomic E-state index is 13.4. The second-order valence-corrected chi connectivity index (χ2v) is 8.92. The first-order valence-electron chi connectivity index (χ1n) is 10.9. The second kappa shape index (κ2) is 8.92. The van der Waals surface area contributed by atoms with Gasteiger partial charge in [0.15, 0.2) is 28.1 Å². The van der Waals surface area contributed by atoms with E-state index in [1.165, 1.54) is 42.8 Å². The van der Waals surface area contributed by atoms with E-state index < -0.39 is 23.5 Å². The number of aryl methyl sites for hydroxylation is 1. The molecule has 1 unspecified atom stereocenters. The number of thiazole rings is 1. The quantitative estimate of drug-likeness (QED) is 0.353. The number of carbonyl (C=O) groups is 2. The van der Waals surface area contributed by atoms with Crippen molar-refractivity contribution in [1.29, 1.82) is 0 Å². The van der Waals surface area contributed by atoms with E-state index >= 15 is 0 Å². The lowest BCUT2D eigenvalue weighted by atomic mass is 9.95. The molecule has 0 saturated heterocycles. The Labute approximate surface area is 205 Å². The van der Waals surface area contributed by atoms with Crippen molar-refractivity contribution in [2.75, 3.05) is 19.1 Å². The number of hydrogen-bond donors (Lipinski definition) is 1. The maximum Gasteiger partial charge on any atom is 0.296 e. The highest BCUT2D eigenvalue weighted by atomic mass is 32.1. The Bertz CT molecular complexity index is 1470. The number of rotatable bonds is 7. The van der Waals surface area contributed by atoms with Crippen LogP contribution in [0.2, 0.25) is 0 Å². The zero-order valence-electron chi connectivity index (χ0n) is 19.3. The summed E-state index contributed by atoms with van der Waals surface area (Å²) in [5.74, 6) is -1.01. The highest BCUT2D eigenvalue weighted by Gasteiger charge is 2.46. The predicted molar refractivity (Wildman–Crippen MR) is 131 cm³/mol. The number of furan rings is 1. The lowest BCUT2D eigenvalue weighted by Gasteiger charge is -2.25. The average Bonchev–Trinajstić information content (AvgIpc) is 3.61. The standard InChI is InChI=1S/C26H22N2O6S/c1-4-14-7-9-16-20(12-14)35-26(27-16)28-22(15-8-10-17(32-2)19(13-15)33-3)21(24(30)25(28)31)23(29)18-6-5-11-34-18/h5-13,22,30H,4H2,1-3H3. The van der Waals surface area contributed by atoms with Crippen LogP contribution in [0.15, 0.2) is 70.5 Å². The van der Waals surface area contributed by atoms with E-state index in [2.05, 4.69) is 11.9 Å². The maximum absolute atomic E-state index is 13.4. The monoisotopic (exact) mass is 490 g/mol. The number of ether oxygens (including phenoxy) is 2. The number of anilines is 1. The van der Waals surface area contributed by atoms with Crippen LogP contribution < -0.4 is 14.4 Å². The summed E-state index contributed by atoms with van der Waals surface area (Å²) in [6.07, 6.45) is 2.23. The van der Waals surface area contributed by atoms with E-state index in [-0.39, 0.29) is 11.3 Å². The normalized spacial score (nSPS) is 15.8. The molecule has 178 valence electrons. The van der Waals surface area contributed by atoms with Crippen LogP contribution in [0.25, 0.3) is 10.2 Å². The minimum atomic E-state index is -0.953. The van der Waals surface area contributed by atoms with Crippen molar-refractivity contribution < 1.29 is 28.6 Å². The Morgan fingerprint density at radius 1 is 1.14 bits per heavy atom. The number of aliphatic hydroxyl groups is 1. The van der Waals surface area contributed by atoms with Gasteiger partial charge in [-0.1, -0.05) is 30.4 Å². The van der Waals surface area contributed by atoms with Crippen molar-refractivity contribution in [3.63, 3.8) is 0 Å². The summed E-state index contributed by atoms with van der Waals surface area (Å²) in [5, 5.41) is 11.3. The van der Waals surface area contributed by atoms with Gasteiger partial charge in [0.1, 0.15) is 0 Å². The molecule has 1 amide bonds. The Balaban J connectivity index is 1.69. The van der Waals surface area contributed by atoms with Gasteiger partial charge in [0.2, 0.25) is 5.78 Å². The lowest BCUT2D eigenvalue weighted by molar-refractivity contribution is -0.117. The molecule has 3 heterocycles. The molecule has 4 aromatic rings. The van der Waals surface area contributed by atoms with Crippen molar-refractivity contribution >= 4 is 38.4 Å². The van der Waals surface area contributed by atoms with Gasteiger partial charge in [-0.3, -0.25) is 14.5 Å². The number of amides is 1. The molecule has 2 aromatic carbocycles. The number of aromatic nitrogens is 1. The highest BCUT2D eigenvalue weighted by molar-refractivity contribution is 7.22. The third-order valence-electron chi connectivity index (χ3n) is 5.98. The van der Waals surface area contributed by atoms with Crippen LogP contribution in [0, 0.1) is 0 Å². The van der Waals surface area contributed by atoms with Gasteiger partial charge in [-0.25, -0.2) is 4.98 Å². The van der Waals surface area contributed by atoms with Gasteiger partial charge >= 0.3 is 0 Å². The molecule has 2 aromatic heterocycles. The number of benzene rings is 2. The second-order valence-electron chi connectivity index (χ2n) is 7.91. The number of carbonyl (C=O) groups excluding carboxylic acids is 2. The molecule has 8 nitrogen and oxygen atoms in total. The predicted octanol–water partition coefficient (Wildman–Crippen LogP) is 5.25. The first kappa shape index (κ1) is 22.7. The molecule has 0 saturated carbocycles. The molecule has 9 heteroatoms. The van der Waals surface area contributed by atoms with Crippen LogP contribution in [0.1, 0.15) is 34.6 Å². The Hall–Kier alpha value is -4.11. The van der Waals surface area contributed by atoms with E-state index in [0.717, 1.165) is 22.2 Å².